The summed E-state index contributed by atoms with van der Waals surface area (Å²) in [5, 5.41) is 10.6. The summed E-state index contributed by atoms with van der Waals surface area (Å²) < 4.78 is 5.08. The molecule has 1 rings (SSSR count). The Morgan fingerprint density at radius 1 is 1.50 bits per heavy atom. The molecular weight excluding hydrogens is 229 g/mol. The van der Waals surface area contributed by atoms with Gasteiger partial charge in [-0.2, -0.15) is 0 Å². The second-order valence-electron chi connectivity index (χ2n) is 2.43. The zero-order valence-corrected chi connectivity index (χ0v) is 8.80. The van der Waals surface area contributed by atoms with Crippen LogP contribution in [0.2, 0.25) is 10.0 Å². The molecule has 0 radical (unpaired) electrons. The summed E-state index contributed by atoms with van der Waals surface area (Å²) in [6, 6.07) is 2.69. The van der Waals surface area contributed by atoms with Crippen molar-refractivity contribution in [3.8, 4) is 5.75 Å². The van der Waals surface area contributed by atoms with Crippen LogP contribution in [0.5, 0.6) is 5.75 Å². The maximum atomic E-state index is 10.5. The molecule has 0 heterocycles. The molecule has 0 N–H and O–H groups in total. The van der Waals surface area contributed by atoms with Gasteiger partial charge in [0.25, 0.3) is 5.69 Å². The van der Waals surface area contributed by atoms with Gasteiger partial charge in [0.2, 0.25) is 0 Å². The third kappa shape index (κ3) is 2.27. The van der Waals surface area contributed by atoms with Crippen LogP contribution >= 0.6 is 23.2 Å². The van der Waals surface area contributed by atoms with E-state index < -0.39 is 4.92 Å². The Hall–Kier alpha value is -1.00. The van der Waals surface area contributed by atoms with Crippen LogP contribution in [0.1, 0.15) is 6.92 Å². The number of ether oxygens (including phenoxy) is 1. The number of halogens is 2. The molecule has 14 heavy (non-hydrogen) atoms. The van der Waals surface area contributed by atoms with Crippen LogP contribution in [-0.4, -0.2) is 11.5 Å². The van der Waals surface area contributed by atoms with Gasteiger partial charge >= 0.3 is 0 Å². The van der Waals surface area contributed by atoms with Crippen molar-refractivity contribution in [3.63, 3.8) is 0 Å². The zero-order valence-electron chi connectivity index (χ0n) is 7.29. The highest BCUT2D eigenvalue weighted by atomic mass is 35.5. The van der Waals surface area contributed by atoms with Gasteiger partial charge in [-0.1, -0.05) is 23.2 Å². The van der Waals surface area contributed by atoms with Crippen molar-refractivity contribution in [2.24, 2.45) is 0 Å². The predicted molar refractivity (Wildman–Crippen MR) is 54.3 cm³/mol. The van der Waals surface area contributed by atoms with Crippen LogP contribution in [0, 0.1) is 10.1 Å². The Morgan fingerprint density at radius 2 is 2.14 bits per heavy atom. The van der Waals surface area contributed by atoms with Crippen molar-refractivity contribution in [3.05, 3.63) is 32.3 Å². The molecule has 0 aliphatic heterocycles. The standard InChI is InChI=1S/C8H7Cl2NO3/c1-2-14-5-3-6(9)8(10)7(4-5)11(12)13/h3-4H,2H2,1H3. The molecule has 0 aliphatic carbocycles. The van der Waals surface area contributed by atoms with Gasteiger partial charge in [0, 0.05) is 6.07 Å². The van der Waals surface area contributed by atoms with Gasteiger partial charge in [-0.05, 0) is 6.92 Å². The van der Waals surface area contributed by atoms with Crippen molar-refractivity contribution in [1.82, 2.24) is 0 Å². The molecule has 1 aromatic rings. The summed E-state index contributed by atoms with van der Waals surface area (Å²) >= 11 is 11.3. The Kier molecular flexibility index (Phi) is 3.55. The van der Waals surface area contributed by atoms with E-state index in [1.165, 1.54) is 12.1 Å². The largest absolute Gasteiger partial charge is 0.494 e. The third-order valence-corrected chi connectivity index (χ3v) is 2.28. The first-order chi connectivity index (χ1) is 6.56. The Balaban J connectivity index is 3.21. The first kappa shape index (κ1) is 11.1. The lowest BCUT2D eigenvalue weighted by Crippen LogP contribution is -1.95. The van der Waals surface area contributed by atoms with E-state index in [-0.39, 0.29) is 15.7 Å². The molecule has 0 spiro atoms. The SMILES string of the molecule is CCOc1cc(Cl)c(Cl)c([N+](=O)[O-])c1. The molecule has 0 bridgehead atoms. The topological polar surface area (TPSA) is 52.4 Å². The maximum Gasteiger partial charge on any atom is 0.293 e. The highest BCUT2D eigenvalue weighted by molar-refractivity contribution is 6.43. The number of hydrogen-bond acceptors (Lipinski definition) is 3. The molecule has 0 saturated carbocycles. The van der Waals surface area contributed by atoms with E-state index in [0.717, 1.165) is 0 Å². The number of nitrogens with zero attached hydrogens (tertiary/aromatic N) is 1. The number of hydrogen-bond donors (Lipinski definition) is 0. The summed E-state index contributed by atoms with van der Waals surface area (Å²) in [7, 11) is 0. The summed E-state index contributed by atoms with van der Waals surface area (Å²) in [6.07, 6.45) is 0. The van der Waals surface area contributed by atoms with Crippen LogP contribution < -0.4 is 4.74 Å². The fraction of sp³-hybridized carbons (Fsp3) is 0.250. The molecule has 1 aromatic carbocycles. The summed E-state index contributed by atoms with van der Waals surface area (Å²) in [5.74, 6) is 0.341. The van der Waals surface area contributed by atoms with Gasteiger partial charge in [0.15, 0.2) is 0 Å². The lowest BCUT2D eigenvalue weighted by atomic mass is 10.3. The van der Waals surface area contributed by atoms with Crippen LogP contribution in [0.4, 0.5) is 5.69 Å². The van der Waals surface area contributed by atoms with E-state index in [9.17, 15) is 10.1 Å². The van der Waals surface area contributed by atoms with Crippen molar-refractivity contribution in [1.29, 1.82) is 0 Å². The van der Waals surface area contributed by atoms with E-state index in [1.54, 1.807) is 6.92 Å². The molecule has 0 aliphatic rings. The second kappa shape index (κ2) is 4.48. The van der Waals surface area contributed by atoms with E-state index >= 15 is 0 Å². The monoisotopic (exact) mass is 235 g/mol. The fourth-order valence-electron chi connectivity index (χ4n) is 0.933. The molecule has 0 unspecified atom stereocenters. The Labute approximate surface area is 90.5 Å². The fourth-order valence-corrected chi connectivity index (χ4v) is 1.32. The van der Waals surface area contributed by atoms with Crippen LogP contribution in [0.3, 0.4) is 0 Å². The van der Waals surface area contributed by atoms with Gasteiger partial charge in [0.05, 0.1) is 22.6 Å². The second-order valence-corrected chi connectivity index (χ2v) is 3.21. The average molecular weight is 236 g/mol. The molecule has 4 nitrogen and oxygen atoms in total. The highest BCUT2D eigenvalue weighted by Gasteiger charge is 2.17. The number of nitro groups is 1. The lowest BCUT2D eigenvalue weighted by Gasteiger charge is -2.04. The third-order valence-electron chi connectivity index (χ3n) is 1.49. The van der Waals surface area contributed by atoms with Crippen LogP contribution in [0.25, 0.3) is 0 Å². The number of nitro benzene ring substituents is 1. The van der Waals surface area contributed by atoms with E-state index in [4.69, 9.17) is 27.9 Å². The van der Waals surface area contributed by atoms with E-state index in [0.29, 0.717) is 12.4 Å². The molecule has 0 saturated heterocycles. The van der Waals surface area contributed by atoms with Crippen LogP contribution in [0.15, 0.2) is 12.1 Å². The first-order valence-electron chi connectivity index (χ1n) is 3.82. The first-order valence-corrected chi connectivity index (χ1v) is 4.58. The predicted octanol–water partition coefficient (Wildman–Crippen LogP) is 3.30. The molecular formula is C8H7Cl2NO3. The Morgan fingerprint density at radius 3 is 2.64 bits per heavy atom. The van der Waals surface area contributed by atoms with Gasteiger partial charge in [0.1, 0.15) is 10.8 Å². The highest BCUT2D eigenvalue weighted by Crippen LogP contribution is 2.35. The molecule has 0 atom stereocenters. The van der Waals surface area contributed by atoms with Crippen LogP contribution in [-0.2, 0) is 0 Å². The summed E-state index contributed by atoms with van der Waals surface area (Å²) in [5.41, 5.74) is -0.248. The minimum Gasteiger partial charge on any atom is -0.494 e. The minimum absolute atomic E-state index is 0.0693. The quantitative estimate of drug-likeness (QED) is 0.597. The number of benzene rings is 1. The van der Waals surface area contributed by atoms with Crippen molar-refractivity contribution >= 4 is 28.9 Å². The smallest absolute Gasteiger partial charge is 0.293 e. The van der Waals surface area contributed by atoms with Gasteiger partial charge in [-0.25, -0.2) is 0 Å². The summed E-state index contributed by atoms with van der Waals surface area (Å²) in [4.78, 5) is 9.94. The van der Waals surface area contributed by atoms with E-state index in [1.807, 2.05) is 0 Å². The maximum absolute atomic E-state index is 10.5. The minimum atomic E-state index is -0.600. The van der Waals surface area contributed by atoms with Gasteiger partial charge < -0.3 is 4.74 Å². The van der Waals surface area contributed by atoms with Crippen molar-refractivity contribution < 1.29 is 9.66 Å². The molecule has 6 heteroatoms. The van der Waals surface area contributed by atoms with Gasteiger partial charge in [-0.3, -0.25) is 10.1 Å². The summed E-state index contributed by atoms with van der Waals surface area (Å²) in [6.45, 7) is 2.18. The van der Waals surface area contributed by atoms with E-state index in [2.05, 4.69) is 0 Å². The molecule has 0 aromatic heterocycles. The Bertz CT molecular complexity index is 368. The molecule has 76 valence electrons. The molecule has 0 amide bonds. The average Bonchev–Trinajstić information content (AvgIpc) is 2.11. The number of rotatable bonds is 3. The zero-order chi connectivity index (χ0) is 10.7. The van der Waals surface area contributed by atoms with Crippen molar-refractivity contribution in [2.75, 3.05) is 6.61 Å². The van der Waals surface area contributed by atoms with Gasteiger partial charge in [-0.15, -0.1) is 0 Å². The lowest BCUT2D eigenvalue weighted by molar-refractivity contribution is -0.384. The van der Waals surface area contributed by atoms with Crippen molar-refractivity contribution in [2.45, 2.75) is 6.92 Å². The normalized spacial score (nSPS) is 9.93. The molecule has 0 fully saturated rings.